The average molecular weight is 330 g/mol. The number of hydrogen-bond acceptors (Lipinski definition) is 6. The van der Waals surface area contributed by atoms with Crippen molar-refractivity contribution in [2.75, 3.05) is 37.7 Å². The van der Waals surface area contributed by atoms with Crippen molar-refractivity contribution in [3.63, 3.8) is 0 Å². The molecule has 1 amide bonds. The normalized spacial score (nSPS) is 20.3. The van der Waals surface area contributed by atoms with E-state index in [9.17, 15) is 4.79 Å². The summed E-state index contributed by atoms with van der Waals surface area (Å²) < 4.78 is 9.87. The molecule has 0 N–H and O–H groups in total. The minimum absolute atomic E-state index is 0.165. The number of piperazine rings is 1. The molecular formula is C16H18N4O2S. The van der Waals surface area contributed by atoms with E-state index >= 15 is 0 Å². The van der Waals surface area contributed by atoms with E-state index < -0.39 is 0 Å². The maximum Gasteiger partial charge on any atom is 0.233 e. The zero-order valence-electron chi connectivity index (χ0n) is 12.9. The number of aryl methyl sites for hydroxylation is 1. The average Bonchev–Trinajstić information content (AvgIpc) is 3.21. The molecular weight excluding hydrogens is 312 g/mol. The van der Waals surface area contributed by atoms with Gasteiger partial charge in [-0.1, -0.05) is 18.2 Å². The number of anilines is 1. The van der Waals surface area contributed by atoms with Crippen LogP contribution in [0.5, 0.6) is 5.75 Å². The Morgan fingerprint density at radius 1 is 1.26 bits per heavy atom. The molecule has 2 aromatic rings. The first kappa shape index (κ1) is 14.4. The first-order valence-electron chi connectivity index (χ1n) is 7.78. The number of ether oxygens (including phenoxy) is 1. The third-order valence-electron chi connectivity index (χ3n) is 4.38. The Balaban J connectivity index is 1.42. The van der Waals surface area contributed by atoms with Gasteiger partial charge < -0.3 is 14.5 Å². The lowest BCUT2D eigenvalue weighted by molar-refractivity contribution is -0.133. The smallest absolute Gasteiger partial charge is 0.233 e. The zero-order chi connectivity index (χ0) is 15.8. The summed E-state index contributed by atoms with van der Waals surface area (Å²) in [6.45, 7) is 5.39. The minimum atomic E-state index is -0.165. The second kappa shape index (κ2) is 5.81. The van der Waals surface area contributed by atoms with E-state index in [2.05, 4.69) is 14.3 Å². The summed E-state index contributed by atoms with van der Waals surface area (Å²) in [6, 6.07) is 7.82. The van der Waals surface area contributed by atoms with Crippen molar-refractivity contribution in [2.45, 2.75) is 12.8 Å². The van der Waals surface area contributed by atoms with Crippen molar-refractivity contribution in [3.05, 3.63) is 35.7 Å². The number of carbonyl (C=O) groups is 1. The fourth-order valence-electron chi connectivity index (χ4n) is 3.12. The topological polar surface area (TPSA) is 58.6 Å². The summed E-state index contributed by atoms with van der Waals surface area (Å²) in [5, 5.41) is 0.948. The van der Waals surface area contributed by atoms with E-state index in [1.54, 1.807) is 0 Å². The highest BCUT2D eigenvalue weighted by atomic mass is 32.1. The van der Waals surface area contributed by atoms with Crippen LogP contribution in [0.15, 0.2) is 24.3 Å². The van der Waals surface area contributed by atoms with Gasteiger partial charge in [0.2, 0.25) is 11.0 Å². The number of para-hydroxylation sites is 1. The van der Waals surface area contributed by atoms with Gasteiger partial charge in [0, 0.05) is 43.3 Å². The Bertz CT molecular complexity index is 724. The molecule has 0 saturated carbocycles. The Morgan fingerprint density at radius 3 is 2.78 bits per heavy atom. The van der Waals surface area contributed by atoms with E-state index in [1.165, 1.54) is 11.5 Å². The van der Waals surface area contributed by atoms with Crippen molar-refractivity contribution in [1.82, 2.24) is 14.3 Å². The molecule has 0 bridgehead atoms. The zero-order valence-corrected chi connectivity index (χ0v) is 13.8. The summed E-state index contributed by atoms with van der Waals surface area (Å²) in [5.41, 5.74) is 1.01. The Hall–Kier alpha value is -2.15. The van der Waals surface area contributed by atoms with Crippen LogP contribution in [0.4, 0.5) is 5.13 Å². The van der Waals surface area contributed by atoms with Gasteiger partial charge in [-0.2, -0.15) is 4.37 Å². The second-order valence-corrected chi connectivity index (χ2v) is 6.57. The van der Waals surface area contributed by atoms with Crippen LogP contribution in [0.2, 0.25) is 0 Å². The predicted molar refractivity (Wildman–Crippen MR) is 88.1 cm³/mol. The maximum atomic E-state index is 12.8. The van der Waals surface area contributed by atoms with Crippen LogP contribution in [0.1, 0.15) is 17.3 Å². The summed E-state index contributed by atoms with van der Waals surface area (Å²) in [6.07, 6.45) is 0. The molecule has 0 spiro atoms. The SMILES string of the molecule is Cc1nsc(N2CCN(C(=O)C3COc4ccccc43)CC2)n1. The fourth-order valence-corrected chi connectivity index (χ4v) is 3.85. The summed E-state index contributed by atoms with van der Waals surface area (Å²) >= 11 is 1.42. The molecule has 1 aromatic heterocycles. The van der Waals surface area contributed by atoms with Crippen LogP contribution >= 0.6 is 11.5 Å². The van der Waals surface area contributed by atoms with E-state index in [-0.39, 0.29) is 11.8 Å². The quantitative estimate of drug-likeness (QED) is 0.838. The number of amides is 1. The summed E-state index contributed by atoms with van der Waals surface area (Å²) in [4.78, 5) is 21.4. The lowest BCUT2D eigenvalue weighted by atomic mass is 9.99. The van der Waals surface area contributed by atoms with Crippen LogP contribution < -0.4 is 9.64 Å². The molecule has 3 heterocycles. The molecule has 7 heteroatoms. The van der Waals surface area contributed by atoms with Gasteiger partial charge in [-0.15, -0.1) is 0 Å². The number of benzene rings is 1. The number of rotatable bonds is 2. The van der Waals surface area contributed by atoms with Gasteiger partial charge in [-0.25, -0.2) is 4.98 Å². The van der Waals surface area contributed by atoms with Gasteiger partial charge in [-0.3, -0.25) is 4.79 Å². The molecule has 6 nitrogen and oxygen atoms in total. The Kier molecular flexibility index (Phi) is 3.65. The predicted octanol–water partition coefficient (Wildman–Crippen LogP) is 1.67. The van der Waals surface area contributed by atoms with Crippen LogP contribution in [0.3, 0.4) is 0 Å². The molecule has 0 aliphatic carbocycles. The number of hydrogen-bond donors (Lipinski definition) is 0. The fraction of sp³-hybridized carbons (Fsp3) is 0.438. The molecule has 4 rings (SSSR count). The maximum absolute atomic E-state index is 12.8. The Labute approximate surface area is 138 Å². The first-order chi connectivity index (χ1) is 11.2. The standard InChI is InChI=1S/C16H18N4O2S/c1-11-17-16(23-18-11)20-8-6-19(7-9-20)15(21)13-10-22-14-5-3-2-4-12(13)14/h2-5,13H,6-10H2,1H3. The lowest BCUT2D eigenvalue weighted by Gasteiger charge is -2.35. The van der Waals surface area contributed by atoms with E-state index in [0.717, 1.165) is 48.4 Å². The van der Waals surface area contributed by atoms with Crippen molar-refractivity contribution in [2.24, 2.45) is 0 Å². The number of carbonyl (C=O) groups excluding carboxylic acids is 1. The van der Waals surface area contributed by atoms with Crippen molar-refractivity contribution < 1.29 is 9.53 Å². The first-order valence-corrected chi connectivity index (χ1v) is 8.55. The summed E-state index contributed by atoms with van der Waals surface area (Å²) in [5.74, 6) is 1.65. The molecule has 1 atom stereocenters. The largest absolute Gasteiger partial charge is 0.492 e. The third kappa shape index (κ3) is 2.65. The minimum Gasteiger partial charge on any atom is -0.492 e. The van der Waals surface area contributed by atoms with Gasteiger partial charge in [0.25, 0.3) is 0 Å². The van der Waals surface area contributed by atoms with Crippen LogP contribution in [-0.2, 0) is 4.79 Å². The molecule has 2 aliphatic heterocycles. The van der Waals surface area contributed by atoms with Gasteiger partial charge in [0.1, 0.15) is 24.1 Å². The molecule has 1 unspecified atom stereocenters. The molecule has 1 saturated heterocycles. The number of fused-ring (bicyclic) bond motifs is 1. The van der Waals surface area contributed by atoms with E-state index in [0.29, 0.717) is 6.61 Å². The second-order valence-electron chi connectivity index (χ2n) is 5.84. The van der Waals surface area contributed by atoms with E-state index in [1.807, 2.05) is 36.1 Å². The summed E-state index contributed by atoms with van der Waals surface area (Å²) in [7, 11) is 0. The van der Waals surface area contributed by atoms with Crippen LogP contribution in [0, 0.1) is 6.92 Å². The molecule has 120 valence electrons. The number of aromatic nitrogens is 2. The van der Waals surface area contributed by atoms with Crippen molar-refractivity contribution in [3.8, 4) is 5.75 Å². The van der Waals surface area contributed by atoms with Gasteiger partial charge in [-0.05, 0) is 13.0 Å². The van der Waals surface area contributed by atoms with Crippen LogP contribution in [0.25, 0.3) is 0 Å². The van der Waals surface area contributed by atoms with Gasteiger partial charge in [0.05, 0.1) is 0 Å². The Morgan fingerprint density at radius 2 is 2.04 bits per heavy atom. The molecule has 2 aliphatic rings. The van der Waals surface area contributed by atoms with Crippen molar-refractivity contribution in [1.29, 1.82) is 0 Å². The van der Waals surface area contributed by atoms with E-state index in [4.69, 9.17) is 4.74 Å². The third-order valence-corrected chi connectivity index (χ3v) is 5.25. The van der Waals surface area contributed by atoms with Crippen molar-refractivity contribution >= 4 is 22.6 Å². The highest BCUT2D eigenvalue weighted by Gasteiger charge is 2.34. The molecule has 1 aromatic carbocycles. The lowest BCUT2D eigenvalue weighted by Crippen LogP contribution is -2.50. The highest BCUT2D eigenvalue weighted by molar-refractivity contribution is 7.09. The monoisotopic (exact) mass is 330 g/mol. The highest BCUT2D eigenvalue weighted by Crippen LogP contribution is 2.34. The molecule has 1 fully saturated rings. The number of nitrogens with zero attached hydrogens (tertiary/aromatic N) is 4. The van der Waals surface area contributed by atoms with Gasteiger partial charge in [0.15, 0.2) is 0 Å². The molecule has 23 heavy (non-hydrogen) atoms. The van der Waals surface area contributed by atoms with Gasteiger partial charge >= 0.3 is 0 Å². The molecule has 0 radical (unpaired) electrons. The van der Waals surface area contributed by atoms with Crippen LogP contribution in [-0.4, -0.2) is 53.0 Å².